The molecule has 0 saturated carbocycles. The number of pyridine rings is 1. The molecule has 1 atom stereocenters. The lowest BCUT2D eigenvalue weighted by Crippen LogP contribution is -2.31. The van der Waals surface area contributed by atoms with E-state index in [9.17, 15) is 18.5 Å². The van der Waals surface area contributed by atoms with Crippen LogP contribution in [-0.2, 0) is 18.2 Å². The summed E-state index contributed by atoms with van der Waals surface area (Å²) in [4.78, 5) is 26.4. The van der Waals surface area contributed by atoms with Crippen LogP contribution >= 0.6 is 0 Å². The molecule has 10 nitrogen and oxygen atoms in total. The van der Waals surface area contributed by atoms with Crippen LogP contribution in [0.5, 0.6) is 11.5 Å². The summed E-state index contributed by atoms with van der Waals surface area (Å²) in [6, 6.07) is 15.1. The zero-order chi connectivity index (χ0) is 30.2. The molecule has 6 rings (SSSR count). The standard InChI is InChI=1S/C30H22F2N6O4S/c1-37-25-13-23(18-14-33-34-15-18)27(11-17(25)16-35-37)42-26-9-5-20(12-24(26)32)36-29(39)22-8-10-28(43(2)41)38(30(22)40)21-6-3-19(31)4-7-21/h3-16H,1-2H3,(H,33,34)(H,36,39). The molecule has 0 aliphatic carbocycles. The Morgan fingerprint density at radius 1 is 1.02 bits per heavy atom. The lowest BCUT2D eigenvalue weighted by Gasteiger charge is -2.15. The average molecular weight is 601 g/mol. The monoisotopic (exact) mass is 600 g/mol. The number of H-pyrrole nitrogens is 1. The number of nitrogens with zero attached hydrogens (tertiary/aromatic N) is 4. The molecule has 0 bridgehead atoms. The van der Waals surface area contributed by atoms with Gasteiger partial charge in [-0.05, 0) is 54.6 Å². The molecule has 1 unspecified atom stereocenters. The van der Waals surface area contributed by atoms with Gasteiger partial charge in [0.1, 0.15) is 23.4 Å². The van der Waals surface area contributed by atoms with Gasteiger partial charge in [-0.15, -0.1) is 0 Å². The maximum atomic E-state index is 15.3. The number of aromatic nitrogens is 5. The van der Waals surface area contributed by atoms with Gasteiger partial charge in [0, 0.05) is 58.8 Å². The number of aromatic amines is 1. The highest BCUT2D eigenvalue weighted by Crippen LogP contribution is 2.37. The predicted octanol–water partition coefficient (Wildman–Crippen LogP) is 5.17. The number of fused-ring (bicyclic) bond motifs is 1. The summed E-state index contributed by atoms with van der Waals surface area (Å²) >= 11 is -1.59. The number of ether oxygens (including phenoxy) is 1. The number of anilines is 1. The molecule has 0 fully saturated rings. The number of hydrogen-bond donors (Lipinski definition) is 2. The summed E-state index contributed by atoms with van der Waals surface area (Å²) in [5.41, 5.74) is 1.49. The Morgan fingerprint density at radius 3 is 2.51 bits per heavy atom. The lowest BCUT2D eigenvalue weighted by molar-refractivity contribution is 0.102. The van der Waals surface area contributed by atoms with Crippen molar-refractivity contribution in [3.8, 4) is 28.3 Å². The van der Waals surface area contributed by atoms with Gasteiger partial charge in [-0.25, -0.2) is 13.3 Å². The SMILES string of the molecule is Cn1ncc2cc(Oc3ccc(NC(=O)c4ccc([S+](C)[O-])n(-c5ccc(F)cc5)c4=O)cc3F)c(-c3cn[nH]c3)cc21. The Hall–Kier alpha value is -5.27. The Bertz CT molecular complexity index is 2040. The van der Waals surface area contributed by atoms with E-state index in [1.807, 2.05) is 13.1 Å². The summed E-state index contributed by atoms with van der Waals surface area (Å²) in [6.07, 6.45) is 6.36. The summed E-state index contributed by atoms with van der Waals surface area (Å²) in [5.74, 6) is -1.82. The molecule has 3 heterocycles. The molecule has 0 spiro atoms. The van der Waals surface area contributed by atoms with E-state index in [0.717, 1.165) is 39.2 Å². The quantitative estimate of drug-likeness (QED) is 0.243. The van der Waals surface area contributed by atoms with Crippen LogP contribution in [0.25, 0.3) is 27.7 Å². The first-order chi connectivity index (χ1) is 20.7. The van der Waals surface area contributed by atoms with E-state index in [1.165, 1.54) is 42.7 Å². The minimum atomic E-state index is -1.59. The van der Waals surface area contributed by atoms with E-state index in [1.54, 1.807) is 29.3 Å². The van der Waals surface area contributed by atoms with Gasteiger partial charge in [-0.2, -0.15) is 10.2 Å². The van der Waals surface area contributed by atoms with Gasteiger partial charge in [0.2, 0.25) is 5.03 Å². The minimum Gasteiger partial charge on any atom is -0.610 e. The van der Waals surface area contributed by atoms with Crippen LogP contribution in [0.15, 0.2) is 95.1 Å². The van der Waals surface area contributed by atoms with Gasteiger partial charge >= 0.3 is 0 Å². The summed E-state index contributed by atoms with van der Waals surface area (Å²) in [5, 5.41) is 14.4. The molecular formula is C30H22F2N6O4S. The highest BCUT2D eigenvalue weighted by atomic mass is 32.2. The zero-order valence-electron chi connectivity index (χ0n) is 22.7. The average Bonchev–Trinajstić information content (AvgIpc) is 3.64. The van der Waals surface area contributed by atoms with Crippen molar-refractivity contribution in [3.63, 3.8) is 0 Å². The second-order valence-electron chi connectivity index (χ2n) is 9.52. The highest BCUT2D eigenvalue weighted by Gasteiger charge is 2.22. The third-order valence-corrected chi connectivity index (χ3v) is 7.64. The Kier molecular flexibility index (Phi) is 7.26. The zero-order valence-corrected chi connectivity index (χ0v) is 23.5. The minimum absolute atomic E-state index is 0.0727. The molecule has 6 aromatic rings. The van der Waals surface area contributed by atoms with Crippen LogP contribution in [0.4, 0.5) is 14.5 Å². The third kappa shape index (κ3) is 5.38. The van der Waals surface area contributed by atoms with E-state index in [2.05, 4.69) is 20.6 Å². The number of aryl methyl sites for hydroxylation is 1. The number of rotatable bonds is 7. The first-order valence-electron chi connectivity index (χ1n) is 12.8. The van der Waals surface area contributed by atoms with Gasteiger partial charge in [0.15, 0.2) is 11.6 Å². The number of benzene rings is 3. The molecule has 1 amide bonds. The van der Waals surface area contributed by atoms with Crippen molar-refractivity contribution in [2.24, 2.45) is 7.05 Å². The second kappa shape index (κ2) is 11.2. The fourth-order valence-corrected chi connectivity index (χ4v) is 5.32. The van der Waals surface area contributed by atoms with Gasteiger partial charge in [0.05, 0.1) is 23.6 Å². The Labute approximate surface area is 245 Å². The number of halogens is 2. The van der Waals surface area contributed by atoms with Crippen LogP contribution in [0.1, 0.15) is 10.4 Å². The van der Waals surface area contributed by atoms with Crippen molar-refractivity contribution in [2.75, 3.05) is 11.6 Å². The first kappa shape index (κ1) is 27.9. The molecule has 0 saturated heterocycles. The van der Waals surface area contributed by atoms with Crippen LogP contribution in [0.3, 0.4) is 0 Å². The van der Waals surface area contributed by atoms with Gasteiger partial charge in [0.25, 0.3) is 11.5 Å². The van der Waals surface area contributed by atoms with Gasteiger partial charge in [-0.1, -0.05) is 0 Å². The van der Waals surface area contributed by atoms with E-state index in [4.69, 9.17) is 4.74 Å². The van der Waals surface area contributed by atoms with Gasteiger partial charge < -0.3 is 14.6 Å². The topological polar surface area (TPSA) is 130 Å². The molecule has 0 radical (unpaired) electrons. The van der Waals surface area contributed by atoms with Crippen molar-refractivity contribution in [1.82, 2.24) is 24.5 Å². The fraction of sp³-hybridized carbons (Fsp3) is 0.0667. The number of carbonyl (C=O) groups is 1. The summed E-state index contributed by atoms with van der Waals surface area (Å²) in [7, 11) is 1.81. The summed E-state index contributed by atoms with van der Waals surface area (Å²) < 4.78 is 49.8. The second-order valence-corrected chi connectivity index (χ2v) is 10.8. The van der Waals surface area contributed by atoms with Crippen molar-refractivity contribution in [2.45, 2.75) is 5.03 Å². The van der Waals surface area contributed by atoms with Crippen LogP contribution in [0, 0.1) is 11.6 Å². The molecule has 216 valence electrons. The lowest BCUT2D eigenvalue weighted by atomic mass is 10.1. The highest BCUT2D eigenvalue weighted by molar-refractivity contribution is 7.90. The van der Waals surface area contributed by atoms with Crippen LogP contribution < -0.4 is 15.6 Å². The van der Waals surface area contributed by atoms with Crippen molar-refractivity contribution >= 4 is 33.7 Å². The van der Waals surface area contributed by atoms with Crippen LogP contribution in [-0.4, -0.2) is 41.3 Å². The molecule has 3 aromatic carbocycles. The Morgan fingerprint density at radius 2 is 1.81 bits per heavy atom. The molecule has 13 heteroatoms. The molecule has 2 N–H and O–H groups in total. The van der Waals surface area contributed by atoms with Crippen molar-refractivity contribution in [3.05, 3.63) is 113 Å². The van der Waals surface area contributed by atoms with E-state index < -0.39 is 34.3 Å². The normalized spacial score (nSPS) is 11.9. The molecule has 3 aromatic heterocycles. The smallest absolute Gasteiger partial charge is 0.271 e. The largest absolute Gasteiger partial charge is 0.610 e. The number of nitrogens with one attached hydrogen (secondary N) is 2. The number of hydrogen-bond acceptors (Lipinski definition) is 6. The Balaban J connectivity index is 1.29. The molecular weight excluding hydrogens is 578 g/mol. The van der Waals surface area contributed by atoms with Crippen molar-refractivity contribution in [1.29, 1.82) is 0 Å². The first-order valence-corrected chi connectivity index (χ1v) is 14.3. The fourth-order valence-electron chi connectivity index (χ4n) is 4.62. The molecule has 0 aliphatic rings. The molecule has 43 heavy (non-hydrogen) atoms. The van der Waals surface area contributed by atoms with Crippen LogP contribution in [0.2, 0.25) is 0 Å². The van der Waals surface area contributed by atoms with E-state index in [-0.39, 0.29) is 27.7 Å². The molecule has 0 aliphatic heterocycles. The predicted molar refractivity (Wildman–Crippen MR) is 157 cm³/mol. The number of amides is 1. The number of carbonyl (C=O) groups excluding carboxylic acids is 1. The third-order valence-electron chi connectivity index (χ3n) is 6.74. The van der Waals surface area contributed by atoms with E-state index >= 15 is 4.39 Å². The summed E-state index contributed by atoms with van der Waals surface area (Å²) in [6.45, 7) is 0. The van der Waals surface area contributed by atoms with Gasteiger partial charge in [-0.3, -0.25) is 19.4 Å². The van der Waals surface area contributed by atoms with E-state index in [0.29, 0.717) is 11.3 Å². The maximum absolute atomic E-state index is 15.3. The van der Waals surface area contributed by atoms with Crippen molar-refractivity contribution < 1.29 is 22.9 Å². The maximum Gasteiger partial charge on any atom is 0.271 e.